The molecular formula is C30H27F3N8O2. The summed E-state index contributed by atoms with van der Waals surface area (Å²) in [6, 6.07) is 13.7. The van der Waals surface area contributed by atoms with Gasteiger partial charge in [0.15, 0.2) is 17.0 Å². The molecular weight excluding hydrogens is 561 g/mol. The predicted octanol–water partition coefficient (Wildman–Crippen LogP) is 5.23. The molecule has 2 aromatic carbocycles. The minimum absolute atomic E-state index is 0.0433. The summed E-state index contributed by atoms with van der Waals surface area (Å²) in [5.74, 6) is 0.256. The lowest BCUT2D eigenvalue weighted by atomic mass is 10.0. The number of alkyl halides is 3. The Balaban J connectivity index is 1.21. The highest BCUT2D eigenvalue weighted by atomic mass is 19.4. The molecule has 0 bridgehead atoms. The van der Waals surface area contributed by atoms with Gasteiger partial charge in [0.25, 0.3) is 11.8 Å². The number of halogens is 3. The number of carbonyl (C=O) groups is 1. The number of pyridine rings is 1. The zero-order valence-electron chi connectivity index (χ0n) is 23.1. The first-order valence-electron chi connectivity index (χ1n) is 13.5. The van der Waals surface area contributed by atoms with Crippen LogP contribution in [0.2, 0.25) is 0 Å². The number of rotatable bonds is 7. The van der Waals surface area contributed by atoms with Crippen molar-refractivity contribution in [2.45, 2.75) is 12.7 Å². The first kappa shape index (κ1) is 28.2. The molecule has 3 aromatic heterocycles. The van der Waals surface area contributed by atoms with E-state index in [2.05, 4.69) is 35.1 Å². The van der Waals surface area contributed by atoms with Crippen molar-refractivity contribution < 1.29 is 22.7 Å². The Kier molecular flexibility index (Phi) is 7.74. The Hall–Kier alpha value is -4.88. The van der Waals surface area contributed by atoms with Gasteiger partial charge in [0.2, 0.25) is 0 Å². The highest BCUT2D eigenvalue weighted by Crippen LogP contribution is 2.35. The van der Waals surface area contributed by atoms with E-state index in [-0.39, 0.29) is 35.0 Å². The Morgan fingerprint density at radius 2 is 1.81 bits per heavy atom. The normalized spacial score (nSPS) is 14.6. The van der Waals surface area contributed by atoms with Gasteiger partial charge in [-0.05, 0) is 55.1 Å². The summed E-state index contributed by atoms with van der Waals surface area (Å²) in [6.07, 6.45) is 0.146. The number of aromatic amines is 1. The SMILES string of the molecule is CN1CCN(Cc2ccc(NC(=O)c3cccc(Oc4nc(-c5ccncc5)nc5[nH]cnc45)c3)cc2C(F)(F)F)CC1. The molecule has 0 aliphatic carbocycles. The van der Waals surface area contributed by atoms with E-state index >= 15 is 0 Å². The van der Waals surface area contributed by atoms with Gasteiger partial charge in [0.1, 0.15) is 5.75 Å². The van der Waals surface area contributed by atoms with Crippen LogP contribution in [0.3, 0.4) is 0 Å². The summed E-state index contributed by atoms with van der Waals surface area (Å²) in [4.78, 5) is 37.5. The van der Waals surface area contributed by atoms with Crippen LogP contribution in [0.4, 0.5) is 18.9 Å². The molecule has 1 saturated heterocycles. The van der Waals surface area contributed by atoms with E-state index in [1.165, 1.54) is 24.5 Å². The average Bonchev–Trinajstić information content (AvgIpc) is 3.48. The number of ether oxygens (including phenoxy) is 1. The van der Waals surface area contributed by atoms with Crippen molar-refractivity contribution in [1.29, 1.82) is 0 Å². The van der Waals surface area contributed by atoms with Gasteiger partial charge in [0, 0.05) is 61.9 Å². The number of amides is 1. The quantitative estimate of drug-likeness (QED) is 0.266. The summed E-state index contributed by atoms with van der Waals surface area (Å²) in [6.45, 7) is 3.17. The molecule has 6 rings (SSSR count). The number of hydrogen-bond donors (Lipinski definition) is 2. The Morgan fingerprint density at radius 1 is 1.02 bits per heavy atom. The summed E-state index contributed by atoms with van der Waals surface area (Å²) >= 11 is 0. The van der Waals surface area contributed by atoms with E-state index in [0.29, 0.717) is 30.1 Å². The van der Waals surface area contributed by atoms with E-state index in [9.17, 15) is 18.0 Å². The maximum atomic E-state index is 14.0. The van der Waals surface area contributed by atoms with Crippen LogP contribution >= 0.6 is 0 Å². The van der Waals surface area contributed by atoms with Crippen molar-refractivity contribution in [2.75, 3.05) is 38.5 Å². The Morgan fingerprint density at radius 3 is 2.58 bits per heavy atom. The van der Waals surface area contributed by atoms with Crippen molar-refractivity contribution in [2.24, 2.45) is 0 Å². The van der Waals surface area contributed by atoms with Crippen molar-refractivity contribution >= 4 is 22.8 Å². The topological polar surface area (TPSA) is 112 Å². The monoisotopic (exact) mass is 588 g/mol. The number of nitrogens with one attached hydrogen (secondary N) is 2. The molecule has 5 aromatic rings. The smallest absolute Gasteiger partial charge is 0.416 e. The lowest BCUT2D eigenvalue weighted by molar-refractivity contribution is -0.138. The number of likely N-dealkylation sites (N-methyl/N-ethyl adjacent to an activating group) is 1. The molecule has 0 atom stereocenters. The third kappa shape index (κ3) is 6.47. The fourth-order valence-corrected chi connectivity index (χ4v) is 4.83. The van der Waals surface area contributed by atoms with E-state index in [1.54, 1.807) is 42.7 Å². The molecule has 1 aliphatic rings. The number of anilines is 1. The second-order valence-corrected chi connectivity index (χ2v) is 10.2. The molecule has 0 spiro atoms. The van der Waals surface area contributed by atoms with Crippen LogP contribution in [0.25, 0.3) is 22.6 Å². The third-order valence-electron chi connectivity index (χ3n) is 7.16. The van der Waals surface area contributed by atoms with Crippen LogP contribution in [-0.4, -0.2) is 73.9 Å². The maximum Gasteiger partial charge on any atom is 0.416 e. The molecule has 1 amide bonds. The lowest BCUT2D eigenvalue weighted by Gasteiger charge is -2.33. The van der Waals surface area contributed by atoms with E-state index in [0.717, 1.165) is 24.7 Å². The molecule has 43 heavy (non-hydrogen) atoms. The molecule has 0 unspecified atom stereocenters. The first-order chi connectivity index (χ1) is 20.7. The van der Waals surface area contributed by atoms with Crippen LogP contribution < -0.4 is 10.1 Å². The van der Waals surface area contributed by atoms with Crippen molar-refractivity contribution in [3.8, 4) is 23.0 Å². The van der Waals surface area contributed by atoms with Crippen LogP contribution in [0.5, 0.6) is 11.6 Å². The summed E-state index contributed by atoms with van der Waals surface area (Å²) in [5, 5.41) is 2.59. The second-order valence-electron chi connectivity index (χ2n) is 10.2. The van der Waals surface area contributed by atoms with E-state index in [4.69, 9.17) is 4.74 Å². The minimum atomic E-state index is -4.57. The molecule has 4 heterocycles. The highest BCUT2D eigenvalue weighted by molar-refractivity contribution is 6.04. The maximum absolute atomic E-state index is 14.0. The highest BCUT2D eigenvalue weighted by Gasteiger charge is 2.34. The summed E-state index contributed by atoms with van der Waals surface area (Å²) in [7, 11) is 1.99. The van der Waals surface area contributed by atoms with Crippen LogP contribution in [-0.2, 0) is 12.7 Å². The molecule has 0 radical (unpaired) electrons. The van der Waals surface area contributed by atoms with Gasteiger partial charge in [-0.3, -0.25) is 14.7 Å². The molecule has 2 N–H and O–H groups in total. The van der Waals surface area contributed by atoms with Gasteiger partial charge >= 0.3 is 6.18 Å². The Labute approximate surface area is 244 Å². The second kappa shape index (κ2) is 11.8. The number of H-pyrrole nitrogens is 1. The number of piperazine rings is 1. The van der Waals surface area contributed by atoms with Gasteiger partial charge in [-0.2, -0.15) is 18.2 Å². The standard InChI is InChI=1S/C30H27F3N8O2/c1-40-11-13-41(14-12-40)17-21-5-6-22(16-24(21)30(31,32)33)37-28(42)20-3-2-4-23(15-20)43-29-25-27(36-18-35-25)38-26(39-29)19-7-9-34-10-8-19/h2-10,15-16,18H,11-14,17H2,1H3,(H,37,42)(H,35,36,38,39). The Bertz CT molecular complexity index is 1750. The van der Waals surface area contributed by atoms with Crippen LogP contribution in [0, 0.1) is 0 Å². The van der Waals surface area contributed by atoms with Gasteiger partial charge in [0.05, 0.1) is 11.9 Å². The minimum Gasteiger partial charge on any atom is -0.437 e. The fraction of sp³-hybridized carbons (Fsp3) is 0.233. The number of benzene rings is 2. The van der Waals surface area contributed by atoms with Gasteiger partial charge < -0.3 is 19.9 Å². The molecule has 1 aliphatic heterocycles. The number of aromatic nitrogens is 5. The molecule has 220 valence electrons. The molecule has 13 heteroatoms. The predicted molar refractivity (Wildman–Crippen MR) is 154 cm³/mol. The zero-order valence-corrected chi connectivity index (χ0v) is 23.1. The third-order valence-corrected chi connectivity index (χ3v) is 7.16. The first-order valence-corrected chi connectivity index (χ1v) is 13.5. The largest absolute Gasteiger partial charge is 0.437 e. The van der Waals surface area contributed by atoms with Crippen molar-refractivity contribution in [3.63, 3.8) is 0 Å². The zero-order chi connectivity index (χ0) is 30.0. The number of imidazole rings is 1. The van der Waals surface area contributed by atoms with E-state index in [1.807, 2.05) is 11.9 Å². The molecule has 1 fully saturated rings. The fourth-order valence-electron chi connectivity index (χ4n) is 4.83. The van der Waals surface area contributed by atoms with E-state index < -0.39 is 17.6 Å². The number of nitrogens with zero attached hydrogens (tertiary/aromatic N) is 6. The number of fused-ring (bicyclic) bond motifs is 1. The summed E-state index contributed by atoms with van der Waals surface area (Å²) < 4.78 is 48.1. The average molecular weight is 589 g/mol. The summed E-state index contributed by atoms with van der Waals surface area (Å²) in [5.41, 5.74) is 1.21. The number of carbonyl (C=O) groups excluding carboxylic acids is 1. The van der Waals surface area contributed by atoms with Gasteiger partial charge in [-0.25, -0.2) is 9.97 Å². The van der Waals surface area contributed by atoms with Crippen molar-refractivity contribution in [3.05, 3.63) is 90.0 Å². The van der Waals surface area contributed by atoms with Gasteiger partial charge in [-0.15, -0.1) is 0 Å². The lowest BCUT2D eigenvalue weighted by Crippen LogP contribution is -2.44. The van der Waals surface area contributed by atoms with Crippen LogP contribution in [0.1, 0.15) is 21.5 Å². The van der Waals surface area contributed by atoms with Crippen LogP contribution in [0.15, 0.2) is 73.3 Å². The molecule has 10 nitrogen and oxygen atoms in total. The van der Waals surface area contributed by atoms with Gasteiger partial charge in [-0.1, -0.05) is 12.1 Å². The molecule has 0 saturated carbocycles. The number of hydrogen-bond acceptors (Lipinski definition) is 8. The van der Waals surface area contributed by atoms with Crippen molar-refractivity contribution in [1.82, 2.24) is 34.7 Å².